The molecule has 32 heavy (non-hydrogen) atoms. The van der Waals surface area contributed by atoms with Crippen molar-refractivity contribution in [2.24, 2.45) is 0 Å². The fourth-order valence-corrected chi connectivity index (χ4v) is 4.28. The van der Waals surface area contributed by atoms with Gasteiger partial charge in [0.1, 0.15) is 22.8 Å². The van der Waals surface area contributed by atoms with Gasteiger partial charge in [-0.05, 0) is 44.9 Å². The van der Waals surface area contributed by atoms with Crippen LogP contribution in [0.15, 0.2) is 65.2 Å². The van der Waals surface area contributed by atoms with Crippen molar-refractivity contribution in [3.05, 3.63) is 77.8 Å². The van der Waals surface area contributed by atoms with Crippen molar-refractivity contribution < 1.29 is 18.5 Å². The molecule has 7 heteroatoms. The molecule has 1 saturated heterocycles. The Labute approximate surface area is 186 Å². The average Bonchev–Trinajstić information content (AvgIpc) is 3.41. The Bertz CT molecular complexity index is 1110. The van der Waals surface area contributed by atoms with Crippen LogP contribution in [0.1, 0.15) is 42.8 Å². The molecule has 1 aliphatic heterocycles. The molecule has 0 bridgehead atoms. The lowest BCUT2D eigenvalue weighted by Crippen LogP contribution is -2.59. The number of hydrogen-bond acceptors (Lipinski definition) is 4. The van der Waals surface area contributed by atoms with Crippen LogP contribution in [-0.2, 0) is 11.2 Å². The quantitative estimate of drug-likeness (QED) is 0.629. The summed E-state index contributed by atoms with van der Waals surface area (Å²) in [6, 6.07) is 16.9. The van der Waals surface area contributed by atoms with Crippen molar-refractivity contribution in [2.45, 2.75) is 44.7 Å². The third-order valence-electron chi connectivity index (χ3n) is 5.74. The van der Waals surface area contributed by atoms with E-state index in [0.717, 1.165) is 5.56 Å². The first-order chi connectivity index (χ1) is 15.4. The number of hydrogen-bond donors (Lipinski definition) is 1. The van der Waals surface area contributed by atoms with Gasteiger partial charge in [0.2, 0.25) is 5.91 Å². The topological polar surface area (TPSA) is 75.4 Å². The SMILES string of the molecule is CC(C)NC(=O)[C@@]1(Cc2cc(-c3ccccc3)no2)CCCN1C(=O)c1cccc(F)c1. The number of carbonyl (C=O) groups is 2. The monoisotopic (exact) mass is 435 g/mol. The number of benzene rings is 2. The molecule has 0 unspecified atom stereocenters. The minimum absolute atomic E-state index is 0.0966. The summed E-state index contributed by atoms with van der Waals surface area (Å²) < 4.78 is 19.4. The van der Waals surface area contributed by atoms with Crippen molar-refractivity contribution in [2.75, 3.05) is 6.54 Å². The third kappa shape index (κ3) is 4.28. The lowest BCUT2D eigenvalue weighted by atomic mass is 9.88. The molecule has 1 N–H and O–H groups in total. The van der Waals surface area contributed by atoms with Crippen molar-refractivity contribution in [1.29, 1.82) is 0 Å². The van der Waals surface area contributed by atoms with Crippen LogP contribution in [0.5, 0.6) is 0 Å². The first-order valence-electron chi connectivity index (χ1n) is 10.8. The number of halogens is 1. The molecular weight excluding hydrogens is 409 g/mol. The lowest BCUT2D eigenvalue weighted by Gasteiger charge is -2.37. The van der Waals surface area contributed by atoms with E-state index in [1.54, 1.807) is 11.0 Å². The number of rotatable bonds is 6. The van der Waals surface area contributed by atoms with Crippen LogP contribution < -0.4 is 5.32 Å². The zero-order chi connectivity index (χ0) is 22.7. The van der Waals surface area contributed by atoms with Crippen molar-refractivity contribution >= 4 is 11.8 Å². The Balaban J connectivity index is 1.69. The molecule has 2 heterocycles. The summed E-state index contributed by atoms with van der Waals surface area (Å²) in [7, 11) is 0. The number of nitrogens with zero attached hydrogens (tertiary/aromatic N) is 2. The third-order valence-corrected chi connectivity index (χ3v) is 5.74. The van der Waals surface area contributed by atoms with E-state index in [1.165, 1.54) is 18.2 Å². The Morgan fingerprint density at radius 3 is 2.66 bits per heavy atom. The smallest absolute Gasteiger partial charge is 0.254 e. The van der Waals surface area contributed by atoms with Gasteiger partial charge in [-0.1, -0.05) is 41.6 Å². The predicted molar refractivity (Wildman–Crippen MR) is 118 cm³/mol. The van der Waals surface area contributed by atoms with E-state index in [1.807, 2.05) is 50.2 Å². The number of carbonyl (C=O) groups excluding carboxylic acids is 2. The highest BCUT2D eigenvalue weighted by molar-refractivity contribution is 6.00. The maximum absolute atomic E-state index is 13.8. The van der Waals surface area contributed by atoms with Crippen LogP contribution in [0.3, 0.4) is 0 Å². The van der Waals surface area contributed by atoms with Gasteiger partial charge < -0.3 is 14.7 Å². The van der Waals surface area contributed by atoms with Gasteiger partial charge >= 0.3 is 0 Å². The van der Waals surface area contributed by atoms with Gasteiger partial charge in [0.05, 0.1) is 0 Å². The van der Waals surface area contributed by atoms with Gasteiger partial charge in [-0.2, -0.15) is 0 Å². The van der Waals surface area contributed by atoms with E-state index in [4.69, 9.17) is 4.52 Å². The van der Waals surface area contributed by atoms with Crippen molar-refractivity contribution in [1.82, 2.24) is 15.4 Å². The summed E-state index contributed by atoms with van der Waals surface area (Å²) in [4.78, 5) is 28.3. The largest absolute Gasteiger partial charge is 0.361 e. The Kier molecular flexibility index (Phi) is 6.08. The molecule has 166 valence electrons. The number of amides is 2. The van der Waals surface area contributed by atoms with Gasteiger partial charge in [0.25, 0.3) is 5.91 Å². The molecule has 1 atom stereocenters. The lowest BCUT2D eigenvalue weighted by molar-refractivity contribution is -0.131. The van der Waals surface area contributed by atoms with Crippen LogP contribution in [0.2, 0.25) is 0 Å². The number of likely N-dealkylation sites (tertiary alicyclic amines) is 1. The summed E-state index contributed by atoms with van der Waals surface area (Å²) in [5, 5.41) is 7.12. The second kappa shape index (κ2) is 8.94. The standard InChI is InChI=1S/C25H26FN3O3/c1-17(2)27-24(31)25(16-21-15-22(28-32-21)18-8-4-3-5-9-18)12-7-13-29(25)23(30)19-10-6-11-20(26)14-19/h3-6,8-11,14-15,17H,7,12-13,16H2,1-2H3,(H,27,31)/t25-/m0/s1. The maximum Gasteiger partial charge on any atom is 0.254 e. The van der Waals surface area contributed by atoms with Crippen LogP contribution >= 0.6 is 0 Å². The molecular formula is C25H26FN3O3. The van der Waals surface area contributed by atoms with Crippen molar-refractivity contribution in [3.63, 3.8) is 0 Å². The summed E-state index contributed by atoms with van der Waals surface area (Å²) >= 11 is 0. The Hall–Kier alpha value is -3.48. The molecule has 2 amide bonds. The van der Waals surface area contributed by atoms with E-state index in [9.17, 15) is 14.0 Å². The second-order valence-corrected chi connectivity index (χ2v) is 8.45. The van der Waals surface area contributed by atoms with E-state index < -0.39 is 11.4 Å². The maximum atomic E-state index is 13.8. The first-order valence-corrected chi connectivity index (χ1v) is 10.8. The highest BCUT2D eigenvalue weighted by atomic mass is 19.1. The van der Waals surface area contributed by atoms with Gasteiger partial charge in [0.15, 0.2) is 0 Å². The molecule has 3 aromatic rings. The molecule has 6 nitrogen and oxygen atoms in total. The van der Waals surface area contributed by atoms with E-state index in [-0.39, 0.29) is 29.8 Å². The molecule has 0 saturated carbocycles. The summed E-state index contributed by atoms with van der Waals surface area (Å²) in [5.74, 6) is -0.590. The zero-order valence-electron chi connectivity index (χ0n) is 18.2. The second-order valence-electron chi connectivity index (χ2n) is 8.45. The molecule has 1 aromatic heterocycles. The van der Waals surface area contributed by atoms with Gasteiger partial charge in [-0.15, -0.1) is 0 Å². The molecule has 0 aliphatic carbocycles. The van der Waals surface area contributed by atoms with Gasteiger partial charge in [-0.25, -0.2) is 4.39 Å². The molecule has 1 fully saturated rings. The predicted octanol–water partition coefficient (Wildman–Crippen LogP) is 4.22. The van der Waals surface area contributed by atoms with Crippen LogP contribution in [0, 0.1) is 5.82 Å². The van der Waals surface area contributed by atoms with Gasteiger partial charge in [-0.3, -0.25) is 9.59 Å². The summed E-state index contributed by atoms with van der Waals surface area (Å²) in [5.41, 5.74) is 0.653. The molecule has 1 aliphatic rings. The van der Waals surface area contributed by atoms with Crippen molar-refractivity contribution in [3.8, 4) is 11.3 Å². The Morgan fingerprint density at radius 1 is 1.16 bits per heavy atom. The van der Waals surface area contributed by atoms with E-state index in [2.05, 4.69) is 10.5 Å². The summed E-state index contributed by atoms with van der Waals surface area (Å²) in [6.07, 6.45) is 1.33. The highest BCUT2D eigenvalue weighted by Gasteiger charge is 2.50. The molecule has 4 rings (SSSR count). The van der Waals surface area contributed by atoms with E-state index in [0.29, 0.717) is 30.8 Å². The van der Waals surface area contributed by atoms with Crippen LogP contribution in [0.25, 0.3) is 11.3 Å². The first kappa shape index (κ1) is 21.7. The highest BCUT2D eigenvalue weighted by Crippen LogP contribution is 2.35. The molecule has 2 aromatic carbocycles. The minimum atomic E-state index is -1.14. The van der Waals surface area contributed by atoms with Crippen LogP contribution in [0.4, 0.5) is 4.39 Å². The minimum Gasteiger partial charge on any atom is -0.361 e. The number of nitrogens with one attached hydrogen (secondary N) is 1. The average molecular weight is 435 g/mol. The molecule has 0 radical (unpaired) electrons. The fraction of sp³-hybridized carbons (Fsp3) is 0.320. The summed E-state index contributed by atoms with van der Waals surface area (Å²) in [6.45, 7) is 4.16. The van der Waals surface area contributed by atoms with Gasteiger partial charge in [0, 0.05) is 36.2 Å². The Morgan fingerprint density at radius 2 is 1.94 bits per heavy atom. The normalized spacial score (nSPS) is 18.2. The number of aromatic nitrogens is 1. The molecule has 0 spiro atoms. The fourth-order valence-electron chi connectivity index (χ4n) is 4.28. The zero-order valence-corrected chi connectivity index (χ0v) is 18.2. The van der Waals surface area contributed by atoms with E-state index >= 15 is 0 Å². The van der Waals surface area contributed by atoms with Crippen LogP contribution in [-0.4, -0.2) is 40.0 Å².